The van der Waals surface area contributed by atoms with Crippen molar-refractivity contribution in [1.29, 1.82) is 0 Å². The van der Waals surface area contributed by atoms with Gasteiger partial charge in [-0.3, -0.25) is 9.29 Å². The van der Waals surface area contributed by atoms with Crippen LogP contribution in [0.3, 0.4) is 0 Å². The summed E-state index contributed by atoms with van der Waals surface area (Å²) in [4.78, 5) is 2.22. The predicted octanol–water partition coefficient (Wildman–Crippen LogP) is 6.23. The summed E-state index contributed by atoms with van der Waals surface area (Å²) in [5, 5.41) is 0. The summed E-state index contributed by atoms with van der Waals surface area (Å²) in [5.74, 6) is 2.16. The van der Waals surface area contributed by atoms with Gasteiger partial charge in [0, 0.05) is 25.6 Å². The number of hydrogen-bond donors (Lipinski definition) is 0. The lowest BCUT2D eigenvalue weighted by atomic mass is 9.92. The van der Waals surface area contributed by atoms with Crippen molar-refractivity contribution in [1.82, 2.24) is 4.90 Å². The molecule has 1 heterocycles. The van der Waals surface area contributed by atoms with Gasteiger partial charge in [0.1, 0.15) is 18.1 Å². The summed E-state index contributed by atoms with van der Waals surface area (Å²) < 4.78 is 22.9. The molecule has 1 fully saturated rings. The molecule has 1 saturated heterocycles. The van der Waals surface area contributed by atoms with Crippen LogP contribution in [0.2, 0.25) is 0 Å². The van der Waals surface area contributed by atoms with Crippen LogP contribution in [0.5, 0.6) is 11.5 Å². The molecule has 2 aliphatic rings. The maximum Gasteiger partial charge on any atom is 0.119 e. The van der Waals surface area contributed by atoms with Gasteiger partial charge in [-0.05, 0) is 61.1 Å². The van der Waals surface area contributed by atoms with E-state index >= 15 is 0 Å². The first kappa shape index (κ1) is 24.8. The van der Waals surface area contributed by atoms with E-state index in [9.17, 15) is 4.39 Å². The summed E-state index contributed by atoms with van der Waals surface area (Å²) in [6.45, 7) is 3.16. The topological polar surface area (TPSA) is 21.7 Å². The highest BCUT2D eigenvalue weighted by molar-refractivity contribution is 5.36. The van der Waals surface area contributed by atoms with E-state index in [2.05, 4.69) is 23.1 Å². The van der Waals surface area contributed by atoms with Crippen LogP contribution in [0.15, 0.2) is 84.9 Å². The second-order valence-corrected chi connectivity index (χ2v) is 8.44. The van der Waals surface area contributed by atoms with Crippen LogP contribution in [0.25, 0.3) is 0 Å². The molecule has 176 valence electrons. The Morgan fingerprint density at radius 1 is 0.788 bits per heavy atom. The molecule has 33 heavy (non-hydrogen) atoms. The molecule has 1 aliphatic carbocycles. The standard InChI is InChI=1S/C12H16FNO.C11H14O.C6H6/c13-8-11-9-14(10-11)6-7-15-12-4-2-1-3-5-12;1-12-11-7-6-9-4-2-3-5-10(9)8-11;1-2-4-6-5-3-1/h1-5,11H,6-10H2;6-8H,2-5H2,1H3;1-6H. The van der Waals surface area contributed by atoms with Gasteiger partial charge >= 0.3 is 0 Å². The Labute approximate surface area is 198 Å². The van der Waals surface area contributed by atoms with E-state index in [1.54, 1.807) is 7.11 Å². The number of nitrogens with zero attached hydrogens (tertiary/aromatic N) is 1. The molecule has 3 aromatic rings. The first-order valence-corrected chi connectivity index (χ1v) is 11.9. The average Bonchev–Trinajstić information content (AvgIpc) is 2.87. The number of methoxy groups -OCH3 is 1. The molecule has 0 amide bonds. The number of para-hydroxylation sites is 1. The Morgan fingerprint density at radius 3 is 2.00 bits per heavy atom. The highest BCUT2D eigenvalue weighted by atomic mass is 19.1. The van der Waals surface area contributed by atoms with Crippen LogP contribution in [0, 0.1) is 5.92 Å². The predicted molar refractivity (Wildman–Crippen MR) is 134 cm³/mol. The molecule has 1 aliphatic heterocycles. The van der Waals surface area contributed by atoms with E-state index in [1.807, 2.05) is 66.7 Å². The average molecular weight is 450 g/mol. The van der Waals surface area contributed by atoms with E-state index in [-0.39, 0.29) is 12.6 Å². The minimum atomic E-state index is -0.184. The Balaban J connectivity index is 0.000000151. The number of alkyl halides is 1. The molecular weight excluding hydrogens is 413 g/mol. The Bertz CT molecular complexity index is 871. The van der Waals surface area contributed by atoms with E-state index in [0.29, 0.717) is 6.61 Å². The number of rotatable bonds is 6. The number of aryl methyl sites for hydroxylation is 2. The maximum atomic E-state index is 12.1. The number of hydrogen-bond acceptors (Lipinski definition) is 3. The minimum absolute atomic E-state index is 0.184. The molecular formula is C29H36FNO2. The fraction of sp³-hybridized carbons (Fsp3) is 0.379. The lowest BCUT2D eigenvalue weighted by Crippen LogP contribution is -2.49. The third-order valence-corrected chi connectivity index (χ3v) is 5.89. The van der Waals surface area contributed by atoms with Crippen molar-refractivity contribution in [3.05, 3.63) is 96.1 Å². The highest BCUT2D eigenvalue weighted by Gasteiger charge is 2.25. The quantitative estimate of drug-likeness (QED) is 0.445. The normalized spacial score (nSPS) is 15.0. The Kier molecular flexibility index (Phi) is 10.8. The van der Waals surface area contributed by atoms with Crippen molar-refractivity contribution in [2.75, 3.05) is 40.0 Å². The fourth-order valence-corrected chi connectivity index (χ4v) is 3.99. The number of benzene rings is 3. The fourth-order valence-electron chi connectivity index (χ4n) is 3.99. The molecule has 0 N–H and O–H groups in total. The van der Waals surface area contributed by atoms with Gasteiger partial charge in [-0.2, -0.15) is 0 Å². The summed E-state index contributed by atoms with van der Waals surface area (Å²) in [5.41, 5.74) is 3.00. The molecule has 0 spiro atoms. The zero-order valence-corrected chi connectivity index (χ0v) is 19.7. The van der Waals surface area contributed by atoms with Gasteiger partial charge < -0.3 is 9.47 Å². The third kappa shape index (κ3) is 8.89. The van der Waals surface area contributed by atoms with E-state index in [1.165, 1.54) is 36.8 Å². The van der Waals surface area contributed by atoms with Gasteiger partial charge in [0.2, 0.25) is 0 Å². The Hall–Kier alpha value is -2.85. The monoisotopic (exact) mass is 449 g/mol. The Morgan fingerprint density at radius 2 is 1.39 bits per heavy atom. The first-order chi connectivity index (χ1) is 16.3. The largest absolute Gasteiger partial charge is 0.497 e. The zero-order chi connectivity index (χ0) is 23.1. The second-order valence-electron chi connectivity index (χ2n) is 8.44. The molecule has 3 aromatic carbocycles. The van der Waals surface area contributed by atoms with Crippen molar-refractivity contribution < 1.29 is 13.9 Å². The van der Waals surface area contributed by atoms with Gasteiger partial charge in [0.15, 0.2) is 0 Å². The van der Waals surface area contributed by atoms with Gasteiger partial charge in [0.05, 0.1) is 13.8 Å². The number of ether oxygens (including phenoxy) is 2. The summed E-state index contributed by atoms with van der Waals surface area (Å²) >= 11 is 0. The van der Waals surface area contributed by atoms with E-state index < -0.39 is 0 Å². The van der Waals surface area contributed by atoms with Crippen molar-refractivity contribution in [3.63, 3.8) is 0 Å². The van der Waals surface area contributed by atoms with E-state index in [4.69, 9.17) is 9.47 Å². The van der Waals surface area contributed by atoms with Gasteiger partial charge in [-0.1, -0.05) is 60.7 Å². The molecule has 0 unspecified atom stereocenters. The molecule has 0 bridgehead atoms. The van der Waals surface area contributed by atoms with Gasteiger partial charge in [-0.15, -0.1) is 0 Å². The van der Waals surface area contributed by atoms with Crippen LogP contribution in [-0.2, 0) is 12.8 Å². The minimum Gasteiger partial charge on any atom is -0.497 e. The number of halogens is 1. The maximum absolute atomic E-state index is 12.1. The first-order valence-electron chi connectivity index (χ1n) is 11.9. The van der Waals surface area contributed by atoms with Crippen LogP contribution >= 0.6 is 0 Å². The second kappa shape index (κ2) is 14.3. The molecule has 0 saturated carbocycles. The molecule has 0 atom stereocenters. The zero-order valence-electron chi connectivity index (χ0n) is 19.7. The van der Waals surface area contributed by atoms with Crippen LogP contribution in [-0.4, -0.2) is 44.9 Å². The molecule has 5 rings (SSSR count). The number of fused-ring (bicyclic) bond motifs is 1. The molecule has 3 nitrogen and oxygen atoms in total. The summed E-state index contributed by atoms with van der Waals surface area (Å²) in [6, 6.07) is 28.2. The highest BCUT2D eigenvalue weighted by Crippen LogP contribution is 2.24. The summed E-state index contributed by atoms with van der Waals surface area (Å²) in [7, 11) is 1.73. The SMILES string of the molecule is COc1ccc2c(c1)CCCC2.FCC1CN(CCOc2ccccc2)C1.c1ccccc1. The summed E-state index contributed by atoms with van der Waals surface area (Å²) in [6.07, 6.45) is 5.16. The lowest BCUT2D eigenvalue weighted by Gasteiger charge is -2.37. The lowest BCUT2D eigenvalue weighted by molar-refractivity contribution is 0.0668. The third-order valence-electron chi connectivity index (χ3n) is 5.89. The van der Waals surface area contributed by atoms with E-state index in [0.717, 1.165) is 31.1 Å². The van der Waals surface area contributed by atoms with Gasteiger partial charge in [-0.25, -0.2) is 0 Å². The number of likely N-dealkylation sites (tertiary alicyclic amines) is 1. The smallest absolute Gasteiger partial charge is 0.119 e. The van der Waals surface area contributed by atoms with Crippen LogP contribution in [0.1, 0.15) is 24.0 Å². The van der Waals surface area contributed by atoms with Crippen molar-refractivity contribution >= 4 is 0 Å². The van der Waals surface area contributed by atoms with Crippen molar-refractivity contribution in [2.45, 2.75) is 25.7 Å². The molecule has 0 radical (unpaired) electrons. The molecule has 0 aromatic heterocycles. The van der Waals surface area contributed by atoms with Crippen LogP contribution in [0.4, 0.5) is 4.39 Å². The van der Waals surface area contributed by atoms with Crippen LogP contribution < -0.4 is 9.47 Å². The van der Waals surface area contributed by atoms with Gasteiger partial charge in [0.25, 0.3) is 0 Å². The molecule has 4 heteroatoms. The van der Waals surface area contributed by atoms with Crippen molar-refractivity contribution in [3.8, 4) is 11.5 Å². The van der Waals surface area contributed by atoms with Crippen molar-refractivity contribution in [2.24, 2.45) is 5.92 Å².